The van der Waals surface area contributed by atoms with Gasteiger partial charge in [-0.25, -0.2) is 0 Å². The lowest BCUT2D eigenvalue weighted by Gasteiger charge is -2.22. The number of aromatic amines is 1. The van der Waals surface area contributed by atoms with E-state index < -0.39 is 12.1 Å². The van der Waals surface area contributed by atoms with Gasteiger partial charge in [0.1, 0.15) is 6.04 Å². The minimum atomic E-state index is -0.662. The van der Waals surface area contributed by atoms with Crippen LogP contribution in [0.5, 0.6) is 0 Å². The Balaban J connectivity index is 1.85. The molecule has 2 aromatic rings. The number of hydrogen-bond donors (Lipinski definition) is 3. The maximum absolute atomic E-state index is 12.5. The first-order valence-corrected chi connectivity index (χ1v) is 7.16. The van der Waals surface area contributed by atoms with Crippen molar-refractivity contribution in [1.82, 2.24) is 15.1 Å². The number of benzene rings is 1. The van der Waals surface area contributed by atoms with Gasteiger partial charge in [0.25, 0.3) is 0 Å². The Morgan fingerprint density at radius 3 is 2.95 bits per heavy atom. The first kappa shape index (κ1) is 14.5. The van der Waals surface area contributed by atoms with Gasteiger partial charge >= 0.3 is 0 Å². The van der Waals surface area contributed by atoms with E-state index >= 15 is 0 Å². The molecule has 1 aromatic carbocycles. The number of nitrogens with one attached hydrogen (secondary N) is 2. The summed E-state index contributed by atoms with van der Waals surface area (Å²) >= 11 is 0. The summed E-state index contributed by atoms with van der Waals surface area (Å²) in [5.74, 6) is -0.515. The number of likely N-dealkylation sites (tertiary alicyclic amines) is 1. The highest BCUT2D eigenvalue weighted by Crippen LogP contribution is 2.26. The smallest absolute Gasteiger partial charge is 0.247 e. The molecule has 1 aromatic heterocycles. The van der Waals surface area contributed by atoms with Gasteiger partial charge in [0.05, 0.1) is 23.5 Å². The van der Waals surface area contributed by atoms with E-state index in [0.29, 0.717) is 5.69 Å². The third kappa shape index (κ3) is 2.43. The Hall–Kier alpha value is -2.41. The number of anilines is 1. The quantitative estimate of drug-likeness (QED) is 0.764. The van der Waals surface area contributed by atoms with Gasteiger partial charge in [-0.1, -0.05) is 6.07 Å². The van der Waals surface area contributed by atoms with Crippen molar-refractivity contribution in [2.45, 2.75) is 32.4 Å². The minimum absolute atomic E-state index is 0.195. The van der Waals surface area contributed by atoms with Crippen molar-refractivity contribution in [2.24, 2.45) is 0 Å². The van der Waals surface area contributed by atoms with Crippen molar-refractivity contribution in [3.8, 4) is 0 Å². The maximum Gasteiger partial charge on any atom is 0.247 e. The van der Waals surface area contributed by atoms with E-state index in [2.05, 4.69) is 15.5 Å². The Kier molecular flexibility index (Phi) is 3.58. The Labute approximate surface area is 127 Å². The standard InChI is InChI=1S/C15H18N4O3/c1-8-3-4-12(14-11(8)6-16-18-14)17-15(22)13-5-10(21)7-19(13)9(2)20/h3-4,6,10,13,21H,5,7H2,1-2H3,(H,16,18)(H,17,22)/t10-,13-/m1/s1. The fourth-order valence-corrected chi connectivity index (χ4v) is 2.90. The molecule has 0 unspecified atom stereocenters. The molecule has 2 atom stereocenters. The third-order valence-electron chi connectivity index (χ3n) is 4.08. The summed E-state index contributed by atoms with van der Waals surface area (Å²) in [5, 5.41) is 20.4. The lowest BCUT2D eigenvalue weighted by atomic mass is 10.1. The average molecular weight is 302 g/mol. The molecule has 0 spiro atoms. The molecule has 3 N–H and O–H groups in total. The SMILES string of the molecule is CC(=O)N1C[C@H](O)C[C@@H]1C(=O)Nc1ccc(C)c2cn[nH]c12. The number of aryl methyl sites for hydroxylation is 1. The first-order chi connectivity index (χ1) is 10.5. The van der Waals surface area contributed by atoms with Gasteiger partial charge in [-0.2, -0.15) is 5.10 Å². The Bertz CT molecular complexity index is 739. The van der Waals surface area contributed by atoms with Crippen molar-refractivity contribution in [3.63, 3.8) is 0 Å². The van der Waals surface area contributed by atoms with Gasteiger partial charge in [-0.05, 0) is 18.6 Å². The first-order valence-electron chi connectivity index (χ1n) is 7.16. The molecule has 1 aliphatic heterocycles. The van der Waals surface area contributed by atoms with Crippen LogP contribution in [0, 0.1) is 6.92 Å². The number of carbonyl (C=O) groups is 2. The molecule has 22 heavy (non-hydrogen) atoms. The predicted octanol–water partition coefficient (Wildman–Crippen LogP) is 0.792. The number of aromatic nitrogens is 2. The summed E-state index contributed by atoms with van der Waals surface area (Å²) < 4.78 is 0. The lowest BCUT2D eigenvalue weighted by molar-refractivity contribution is -0.134. The van der Waals surface area contributed by atoms with Crippen molar-refractivity contribution >= 4 is 28.4 Å². The van der Waals surface area contributed by atoms with Crippen LogP contribution in [0.1, 0.15) is 18.9 Å². The molecule has 2 heterocycles. The largest absolute Gasteiger partial charge is 0.391 e. The van der Waals surface area contributed by atoms with E-state index in [1.54, 1.807) is 12.3 Å². The molecule has 0 aliphatic carbocycles. The zero-order valence-corrected chi connectivity index (χ0v) is 12.5. The molecule has 2 amide bonds. The Morgan fingerprint density at radius 1 is 1.45 bits per heavy atom. The molecule has 3 rings (SSSR count). The van der Waals surface area contributed by atoms with Crippen LogP contribution in [0.25, 0.3) is 10.9 Å². The molecule has 1 saturated heterocycles. The van der Waals surface area contributed by atoms with Crippen LogP contribution in [0.4, 0.5) is 5.69 Å². The molecule has 1 fully saturated rings. The van der Waals surface area contributed by atoms with Gasteiger partial charge in [-0.15, -0.1) is 0 Å². The summed E-state index contributed by atoms with van der Waals surface area (Å²) in [5.41, 5.74) is 2.43. The fraction of sp³-hybridized carbons (Fsp3) is 0.400. The van der Waals surface area contributed by atoms with Crippen LogP contribution >= 0.6 is 0 Å². The van der Waals surface area contributed by atoms with E-state index in [-0.39, 0.29) is 24.8 Å². The summed E-state index contributed by atoms with van der Waals surface area (Å²) in [6.45, 7) is 3.56. The molecular formula is C15H18N4O3. The number of fused-ring (bicyclic) bond motifs is 1. The van der Waals surface area contributed by atoms with Gasteiger partial charge in [0.2, 0.25) is 11.8 Å². The van der Waals surface area contributed by atoms with Crippen LogP contribution in [0.15, 0.2) is 18.3 Å². The molecule has 0 bridgehead atoms. The van der Waals surface area contributed by atoms with Crippen LogP contribution in [0.2, 0.25) is 0 Å². The van der Waals surface area contributed by atoms with Crippen LogP contribution in [-0.4, -0.2) is 50.7 Å². The summed E-state index contributed by atoms with van der Waals surface area (Å²) in [4.78, 5) is 25.5. The molecular weight excluding hydrogens is 284 g/mol. The van der Waals surface area contributed by atoms with Crippen LogP contribution in [-0.2, 0) is 9.59 Å². The third-order valence-corrected chi connectivity index (χ3v) is 4.08. The number of aliphatic hydroxyl groups excluding tert-OH is 1. The van der Waals surface area contributed by atoms with Crippen LogP contribution in [0.3, 0.4) is 0 Å². The molecule has 1 aliphatic rings. The number of β-amino-alcohol motifs (C(OH)–C–C–N with tert-alkyl or cyclic N) is 1. The van der Waals surface area contributed by atoms with E-state index in [9.17, 15) is 14.7 Å². The number of H-pyrrole nitrogens is 1. The Morgan fingerprint density at radius 2 is 2.23 bits per heavy atom. The summed E-state index contributed by atoms with van der Waals surface area (Å²) in [7, 11) is 0. The number of hydrogen-bond acceptors (Lipinski definition) is 4. The van der Waals surface area contributed by atoms with Gasteiger partial charge in [-0.3, -0.25) is 14.7 Å². The summed E-state index contributed by atoms with van der Waals surface area (Å²) in [6.07, 6.45) is 1.30. The minimum Gasteiger partial charge on any atom is -0.391 e. The summed E-state index contributed by atoms with van der Waals surface area (Å²) in [6, 6.07) is 3.06. The van der Waals surface area contributed by atoms with Gasteiger partial charge in [0, 0.05) is 25.3 Å². The number of amides is 2. The zero-order chi connectivity index (χ0) is 15.9. The average Bonchev–Trinajstić information content (AvgIpc) is 3.08. The second-order valence-corrected chi connectivity index (χ2v) is 5.65. The van der Waals surface area contributed by atoms with Gasteiger partial charge < -0.3 is 15.3 Å². The van der Waals surface area contributed by atoms with Crippen molar-refractivity contribution in [1.29, 1.82) is 0 Å². The number of rotatable bonds is 2. The molecule has 0 saturated carbocycles. The van der Waals surface area contributed by atoms with E-state index in [0.717, 1.165) is 16.5 Å². The molecule has 0 radical (unpaired) electrons. The van der Waals surface area contributed by atoms with E-state index in [1.807, 2.05) is 13.0 Å². The molecule has 7 heteroatoms. The van der Waals surface area contributed by atoms with E-state index in [4.69, 9.17) is 0 Å². The number of nitrogens with zero attached hydrogens (tertiary/aromatic N) is 2. The van der Waals surface area contributed by atoms with Crippen molar-refractivity contribution < 1.29 is 14.7 Å². The fourth-order valence-electron chi connectivity index (χ4n) is 2.90. The highest BCUT2D eigenvalue weighted by molar-refractivity contribution is 6.04. The van der Waals surface area contributed by atoms with Crippen LogP contribution < -0.4 is 5.32 Å². The number of carbonyl (C=O) groups excluding carboxylic acids is 2. The molecule has 116 valence electrons. The highest BCUT2D eigenvalue weighted by atomic mass is 16.3. The predicted molar refractivity (Wildman–Crippen MR) is 81.3 cm³/mol. The monoisotopic (exact) mass is 302 g/mol. The normalized spacial score (nSPS) is 21.3. The second kappa shape index (κ2) is 5.42. The number of aliphatic hydroxyl groups is 1. The molecule has 7 nitrogen and oxygen atoms in total. The topological polar surface area (TPSA) is 98.3 Å². The lowest BCUT2D eigenvalue weighted by Crippen LogP contribution is -2.42. The van der Waals surface area contributed by atoms with Gasteiger partial charge in [0.15, 0.2) is 0 Å². The second-order valence-electron chi connectivity index (χ2n) is 5.65. The van der Waals surface area contributed by atoms with E-state index in [1.165, 1.54) is 11.8 Å². The highest BCUT2D eigenvalue weighted by Gasteiger charge is 2.37. The van der Waals surface area contributed by atoms with Crippen molar-refractivity contribution in [2.75, 3.05) is 11.9 Å². The van der Waals surface area contributed by atoms with Crippen molar-refractivity contribution in [3.05, 3.63) is 23.9 Å². The zero-order valence-electron chi connectivity index (χ0n) is 12.5. The maximum atomic E-state index is 12.5.